The van der Waals surface area contributed by atoms with Crippen LogP contribution < -0.4 is 4.89 Å². The number of hydrogen-bond acceptors (Lipinski definition) is 7. The van der Waals surface area contributed by atoms with Crippen molar-refractivity contribution in [1.29, 1.82) is 0 Å². The molecule has 0 N–H and O–H groups in total. The van der Waals surface area contributed by atoms with Gasteiger partial charge in [0.25, 0.3) is 7.82 Å². The molecule has 2 atom stereocenters. The van der Waals surface area contributed by atoms with Crippen molar-refractivity contribution in [2.45, 2.75) is 225 Å². The Morgan fingerprint density at radius 3 is 1.40 bits per heavy atom. The number of carbonyl (C=O) groups is 1. The van der Waals surface area contributed by atoms with Crippen LogP contribution in [0.4, 0.5) is 0 Å². The molecule has 0 heterocycles. The maximum Gasteiger partial charge on any atom is 0.306 e. The van der Waals surface area contributed by atoms with Crippen LogP contribution in [0.3, 0.4) is 0 Å². The zero-order chi connectivity index (χ0) is 46.2. The van der Waals surface area contributed by atoms with Gasteiger partial charge in [-0.2, -0.15) is 0 Å². The van der Waals surface area contributed by atoms with Gasteiger partial charge in [0, 0.05) is 13.0 Å². The van der Waals surface area contributed by atoms with Gasteiger partial charge in [0.15, 0.2) is 0 Å². The second-order valence-electron chi connectivity index (χ2n) is 18.5. The van der Waals surface area contributed by atoms with Crippen LogP contribution in [0.15, 0.2) is 60.8 Å². The molecule has 9 heteroatoms. The lowest BCUT2D eigenvalue weighted by Gasteiger charge is -2.28. The molecule has 0 rings (SSSR count). The third-order valence-corrected chi connectivity index (χ3v) is 12.0. The van der Waals surface area contributed by atoms with E-state index in [4.69, 9.17) is 18.5 Å². The van der Waals surface area contributed by atoms with Crippen molar-refractivity contribution in [2.75, 3.05) is 54.1 Å². The summed E-state index contributed by atoms with van der Waals surface area (Å²) in [5, 5.41) is 0. The Morgan fingerprint density at radius 2 is 0.921 bits per heavy atom. The zero-order valence-electron chi connectivity index (χ0n) is 41.8. The van der Waals surface area contributed by atoms with Crippen LogP contribution in [0.2, 0.25) is 0 Å². The predicted octanol–water partition coefficient (Wildman–Crippen LogP) is 15.4. The number of carbonyl (C=O) groups excluding carboxylic acids is 1. The van der Waals surface area contributed by atoms with E-state index in [9.17, 15) is 14.3 Å². The maximum atomic E-state index is 12.7. The van der Waals surface area contributed by atoms with Crippen molar-refractivity contribution in [1.82, 2.24) is 0 Å². The lowest BCUT2D eigenvalue weighted by molar-refractivity contribution is -0.870. The molecule has 368 valence electrons. The summed E-state index contributed by atoms with van der Waals surface area (Å²) < 4.78 is 34.8. The Morgan fingerprint density at radius 1 is 0.508 bits per heavy atom. The average Bonchev–Trinajstić information content (AvgIpc) is 3.24. The molecule has 0 aliphatic rings. The number of unbranched alkanes of at least 4 members (excludes halogenated alkanes) is 24. The van der Waals surface area contributed by atoms with Crippen molar-refractivity contribution >= 4 is 13.8 Å². The summed E-state index contributed by atoms with van der Waals surface area (Å²) in [4.78, 5) is 25.2. The Bertz CT molecular complexity index is 1190. The van der Waals surface area contributed by atoms with Crippen LogP contribution in [0.1, 0.15) is 219 Å². The molecule has 0 spiro atoms. The van der Waals surface area contributed by atoms with Gasteiger partial charge in [0.2, 0.25) is 0 Å². The monoisotopic (exact) mass is 906 g/mol. The molecule has 0 bridgehead atoms. The first-order chi connectivity index (χ1) is 30.6. The molecule has 2 unspecified atom stereocenters. The number of phosphoric ester groups is 1. The lowest BCUT2D eigenvalue weighted by Crippen LogP contribution is -2.37. The third kappa shape index (κ3) is 51.1. The van der Waals surface area contributed by atoms with Crippen molar-refractivity contribution in [2.24, 2.45) is 0 Å². The summed E-state index contributed by atoms with van der Waals surface area (Å²) in [6, 6.07) is 0. The smallest absolute Gasteiger partial charge is 0.306 e. The minimum atomic E-state index is -4.53. The molecule has 63 heavy (non-hydrogen) atoms. The fourth-order valence-electron chi connectivity index (χ4n) is 7.06. The van der Waals surface area contributed by atoms with E-state index in [-0.39, 0.29) is 25.8 Å². The predicted molar refractivity (Wildman–Crippen MR) is 268 cm³/mol. The number of allylic oxidation sites excluding steroid dienone is 10. The highest BCUT2D eigenvalue weighted by atomic mass is 31.2. The second-order valence-corrected chi connectivity index (χ2v) is 19.9. The minimum Gasteiger partial charge on any atom is -0.756 e. The highest BCUT2D eigenvalue weighted by Gasteiger charge is 2.20. The number of phosphoric acid groups is 1. The summed E-state index contributed by atoms with van der Waals surface area (Å²) >= 11 is 0. The van der Waals surface area contributed by atoms with Crippen molar-refractivity contribution < 1.29 is 37.3 Å². The van der Waals surface area contributed by atoms with Gasteiger partial charge in [-0.25, -0.2) is 0 Å². The molecule has 0 saturated heterocycles. The van der Waals surface area contributed by atoms with Gasteiger partial charge in [-0.15, -0.1) is 0 Å². The topological polar surface area (TPSA) is 94.1 Å². The van der Waals surface area contributed by atoms with Crippen LogP contribution in [-0.2, 0) is 27.9 Å². The van der Waals surface area contributed by atoms with Crippen molar-refractivity contribution in [3.05, 3.63) is 60.8 Å². The Hall–Kier alpha value is -1.80. The van der Waals surface area contributed by atoms with Crippen LogP contribution in [0.5, 0.6) is 0 Å². The first kappa shape index (κ1) is 61.2. The number of quaternary nitrogens is 1. The SMILES string of the molecule is CC/C=C\C/C=C\C/C=C\C/C=C\CCCCCCCCCCCCCOCC(COP(=O)([O-])OCC[N+](C)(C)C)OC(=O)CCCCCCCCC/C=C\CCCCCCCC. The summed E-state index contributed by atoms with van der Waals surface area (Å²) in [5.74, 6) is -0.339. The molecule has 0 aromatic rings. The van der Waals surface area contributed by atoms with E-state index in [0.717, 1.165) is 57.8 Å². The third-order valence-electron chi connectivity index (χ3n) is 11.1. The first-order valence-electron chi connectivity index (χ1n) is 26.0. The number of esters is 1. The minimum absolute atomic E-state index is 0.0232. The Kier molecular flexibility index (Phi) is 45.4. The number of nitrogens with zero attached hydrogens (tertiary/aromatic N) is 1. The van der Waals surface area contributed by atoms with Gasteiger partial charge in [-0.3, -0.25) is 9.36 Å². The van der Waals surface area contributed by atoms with Gasteiger partial charge < -0.3 is 27.9 Å². The van der Waals surface area contributed by atoms with E-state index in [0.29, 0.717) is 24.1 Å². The average molecular weight is 906 g/mol. The molecule has 0 aliphatic heterocycles. The van der Waals surface area contributed by atoms with Crippen LogP contribution in [0.25, 0.3) is 0 Å². The molecule has 0 amide bonds. The number of ether oxygens (including phenoxy) is 2. The van der Waals surface area contributed by atoms with E-state index in [1.807, 2.05) is 21.1 Å². The fraction of sp³-hybridized carbons (Fsp3) is 0.796. The molecular formula is C54H100NO7P. The van der Waals surface area contributed by atoms with Gasteiger partial charge in [-0.1, -0.05) is 197 Å². The van der Waals surface area contributed by atoms with Crippen LogP contribution in [0, 0.1) is 0 Å². The highest BCUT2D eigenvalue weighted by Crippen LogP contribution is 2.38. The van der Waals surface area contributed by atoms with Crippen LogP contribution >= 0.6 is 7.82 Å². The lowest BCUT2D eigenvalue weighted by atomic mass is 10.1. The van der Waals surface area contributed by atoms with E-state index in [1.165, 1.54) is 141 Å². The summed E-state index contributed by atoms with van der Waals surface area (Å²) in [7, 11) is 1.35. The summed E-state index contributed by atoms with van der Waals surface area (Å²) in [6.07, 6.45) is 59.6. The number of hydrogen-bond donors (Lipinski definition) is 0. The standard InChI is InChI=1S/C54H100NO7P/c1-6-8-10-12-14-16-18-20-22-24-25-26-27-28-29-30-32-34-36-38-40-42-44-46-49-59-51-53(52-61-63(57,58)60-50-48-55(3,4)5)62-54(56)47-45-43-41-39-37-35-33-31-23-21-19-17-15-13-11-9-7-2/h8,10,14,16,20-23,25-26,53H,6-7,9,11-13,15,17-19,24,27-52H2,1-5H3/b10-8-,16-14-,22-20-,23-21-,26-25-. The molecule has 8 nitrogen and oxygen atoms in total. The highest BCUT2D eigenvalue weighted by molar-refractivity contribution is 7.45. The van der Waals surface area contributed by atoms with E-state index in [2.05, 4.69) is 74.6 Å². The maximum absolute atomic E-state index is 12.7. The van der Waals surface area contributed by atoms with Crippen molar-refractivity contribution in [3.63, 3.8) is 0 Å². The largest absolute Gasteiger partial charge is 0.756 e. The molecule has 0 saturated carbocycles. The van der Waals surface area contributed by atoms with Gasteiger partial charge in [0.1, 0.15) is 19.3 Å². The van der Waals surface area contributed by atoms with Gasteiger partial charge in [-0.05, 0) is 77.0 Å². The Labute approximate surface area is 390 Å². The molecule has 0 aromatic heterocycles. The molecular weight excluding hydrogens is 806 g/mol. The first-order valence-corrected chi connectivity index (χ1v) is 27.5. The number of rotatable bonds is 48. The molecule has 0 aromatic carbocycles. The number of likely N-dealkylation sites (N-methyl/N-ethyl adjacent to an activating group) is 1. The quantitative estimate of drug-likeness (QED) is 0.0197. The fourth-order valence-corrected chi connectivity index (χ4v) is 7.79. The normalized spacial score (nSPS) is 14.1. The Balaban J connectivity index is 4.12. The van der Waals surface area contributed by atoms with Gasteiger partial charge >= 0.3 is 5.97 Å². The van der Waals surface area contributed by atoms with Crippen molar-refractivity contribution in [3.8, 4) is 0 Å². The van der Waals surface area contributed by atoms with E-state index in [1.54, 1.807) is 0 Å². The molecule has 0 radical (unpaired) electrons. The van der Waals surface area contributed by atoms with Gasteiger partial charge in [0.05, 0.1) is 34.4 Å². The second kappa shape index (κ2) is 46.7. The zero-order valence-corrected chi connectivity index (χ0v) is 42.7. The van der Waals surface area contributed by atoms with E-state index >= 15 is 0 Å². The molecule has 0 fully saturated rings. The molecule has 0 aliphatic carbocycles. The summed E-state index contributed by atoms with van der Waals surface area (Å²) in [6.45, 7) is 5.30. The van der Waals surface area contributed by atoms with Crippen LogP contribution in [-0.4, -0.2) is 70.7 Å². The van der Waals surface area contributed by atoms with E-state index < -0.39 is 13.9 Å². The summed E-state index contributed by atoms with van der Waals surface area (Å²) in [5.41, 5.74) is 0.